The van der Waals surface area contributed by atoms with E-state index in [0.29, 0.717) is 12.1 Å². The average molecular weight is 497 g/mol. The summed E-state index contributed by atoms with van der Waals surface area (Å²) in [7, 11) is 1.86. The van der Waals surface area contributed by atoms with Crippen LogP contribution in [-0.4, -0.2) is 50.8 Å². The minimum Gasteiger partial charge on any atom is -0.480 e. The van der Waals surface area contributed by atoms with E-state index in [9.17, 15) is 14.7 Å². The Labute approximate surface area is 217 Å². The molecule has 1 aromatic heterocycles. The zero-order valence-corrected chi connectivity index (χ0v) is 21.2. The van der Waals surface area contributed by atoms with Crippen LogP contribution in [0.3, 0.4) is 0 Å². The molecular formula is C30H32N4O3. The van der Waals surface area contributed by atoms with E-state index in [1.54, 1.807) is 32.8 Å². The number of hydrogen-bond donors (Lipinski definition) is 1. The molecule has 37 heavy (non-hydrogen) atoms. The maximum atomic E-state index is 13.7. The number of anilines is 2. The predicted molar refractivity (Wildman–Crippen MR) is 146 cm³/mol. The first-order chi connectivity index (χ1) is 18.0. The maximum absolute atomic E-state index is 13.7. The molecule has 4 aromatic rings. The molecule has 0 aliphatic rings. The smallest absolute Gasteiger partial charge is 0.328 e. The first-order valence-corrected chi connectivity index (χ1v) is 12.5. The van der Waals surface area contributed by atoms with Crippen LogP contribution in [0, 0.1) is 0 Å². The van der Waals surface area contributed by atoms with Gasteiger partial charge in [-0.2, -0.15) is 5.10 Å². The number of para-hydroxylation sites is 2. The van der Waals surface area contributed by atoms with Gasteiger partial charge in [0.15, 0.2) is 0 Å². The Balaban J connectivity index is 1.64. The minimum absolute atomic E-state index is 0.0440. The maximum Gasteiger partial charge on any atom is 0.328 e. The molecule has 0 unspecified atom stereocenters. The molecule has 190 valence electrons. The second kappa shape index (κ2) is 12.0. The molecule has 0 aliphatic heterocycles. The summed E-state index contributed by atoms with van der Waals surface area (Å²) in [6, 6.07) is 25.3. The van der Waals surface area contributed by atoms with Gasteiger partial charge >= 0.3 is 5.97 Å². The molecule has 7 heteroatoms. The number of nitrogens with zero attached hydrogens (tertiary/aromatic N) is 4. The third-order valence-electron chi connectivity index (χ3n) is 6.30. The molecule has 0 fully saturated rings. The number of carboxylic acid groups (broad SMARTS) is 1. The van der Waals surface area contributed by atoms with Gasteiger partial charge in [0.1, 0.15) is 6.04 Å². The summed E-state index contributed by atoms with van der Waals surface area (Å²) in [6.45, 7) is 2.57. The lowest BCUT2D eigenvalue weighted by Crippen LogP contribution is -2.49. The molecular weight excluding hydrogens is 464 g/mol. The van der Waals surface area contributed by atoms with Gasteiger partial charge in [0.25, 0.3) is 5.91 Å². The van der Waals surface area contributed by atoms with Crippen molar-refractivity contribution in [1.29, 1.82) is 0 Å². The van der Waals surface area contributed by atoms with E-state index in [-0.39, 0.29) is 12.5 Å². The summed E-state index contributed by atoms with van der Waals surface area (Å²) < 4.78 is 1.73. The van der Waals surface area contributed by atoms with Crippen LogP contribution in [0.1, 0.15) is 30.1 Å². The van der Waals surface area contributed by atoms with Crippen LogP contribution in [0.15, 0.2) is 97.3 Å². The van der Waals surface area contributed by atoms with Gasteiger partial charge in [-0.15, -0.1) is 0 Å². The molecule has 0 radical (unpaired) electrons. The van der Waals surface area contributed by atoms with Gasteiger partial charge in [-0.1, -0.05) is 61.9 Å². The second-order valence-electron chi connectivity index (χ2n) is 8.98. The summed E-state index contributed by atoms with van der Waals surface area (Å²) in [6.07, 6.45) is 5.37. The van der Waals surface area contributed by atoms with Crippen LogP contribution in [0.4, 0.5) is 11.4 Å². The van der Waals surface area contributed by atoms with Crippen LogP contribution in [0.5, 0.6) is 0 Å². The Morgan fingerprint density at radius 1 is 0.892 bits per heavy atom. The summed E-state index contributed by atoms with van der Waals surface area (Å²) in [5.74, 6) is -1.17. The number of carbonyl (C=O) groups excluding carboxylic acids is 1. The van der Waals surface area contributed by atoms with E-state index >= 15 is 0 Å². The molecule has 3 aromatic carbocycles. The lowest BCUT2D eigenvalue weighted by molar-refractivity contribution is -0.138. The largest absolute Gasteiger partial charge is 0.480 e. The molecule has 7 nitrogen and oxygen atoms in total. The van der Waals surface area contributed by atoms with Gasteiger partial charge in [0.2, 0.25) is 0 Å². The molecule has 1 atom stereocenters. The van der Waals surface area contributed by atoms with Gasteiger partial charge < -0.3 is 14.9 Å². The molecule has 1 N–H and O–H groups in total. The fourth-order valence-corrected chi connectivity index (χ4v) is 4.35. The van der Waals surface area contributed by atoms with Gasteiger partial charge in [-0.05, 0) is 48.4 Å². The van der Waals surface area contributed by atoms with Crippen LogP contribution in [-0.2, 0) is 11.8 Å². The van der Waals surface area contributed by atoms with E-state index in [2.05, 4.69) is 12.0 Å². The number of aliphatic carboxylic acids is 1. The van der Waals surface area contributed by atoms with Gasteiger partial charge in [-0.25, -0.2) is 4.79 Å². The molecule has 4 rings (SSSR count). The van der Waals surface area contributed by atoms with Crippen LogP contribution in [0.25, 0.3) is 11.1 Å². The van der Waals surface area contributed by atoms with Crippen molar-refractivity contribution in [1.82, 2.24) is 14.7 Å². The number of carboxylic acids is 1. The van der Waals surface area contributed by atoms with Gasteiger partial charge in [0, 0.05) is 42.3 Å². The summed E-state index contributed by atoms with van der Waals surface area (Å²) in [5.41, 5.74) is 3.97. The van der Waals surface area contributed by atoms with Crippen molar-refractivity contribution in [2.75, 3.05) is 18.0 Å². The SMILES string of the molecule is CCCCN(C[C@@H](C(=O)O)N(c1ccccc1)c1ccccc1)C(=O)c1ccc(-c2cnn(C)c2)cc1. The first kappa shape index (κ1) is 25.7. The third-order valence-corrected chi connectivity index (χ3v) is 6.30. The second-order valence-corrected chi connectivity index (χ2v) is 8.98. The van der Waals surface area contributed by atoms with Gasteiger partial charge in [-0.3, -0.25) is 9.48 Å². The van der Waals surface area contributed by atoms with Crippen molar-refractivity contribution in [3.8, 4) is 11.1 Å². The number of benzene rings is 3. The number of hydrogen-bond acceptors (Lipinski definition) is 4. The highest BCUT2D eigenvalue weighted by Crippen LogP contribution is 2.29. The molecule has 0 bridgehead atoms. The molecule has 0 spiro atoms. The monoisotopic (exact) mass is 496 g/mol. The van der Waals surface area contributed by atoms with Crippen LogP contribution < -0.4 is 4.90 Å². The summed E-state index contributed by atoms with van der Waals surface area (Å²) in [4.78, 5) is 29.8. The highest BCUT2D eigenvalue weighted by molar-refractivity contribution is 5.95. The van der Waals surface area contributed by atoms with Gasteiger partial charge in [0.05, 0.1) is 12.7 Å². The fourth-order valence-electron chi connectivity index (χ4n) is 4.35. The van der Waals surface area contributed by atoms with E-state index in [1.165, 1.54) is 0 Å². The number of aryl methyl sites for hydroxylation is 1. The molecule has 0 saturated heterocycles. The van der Waals surface area contributed by atoms with E-state index < -0.39 is 12.0 Å². The quantitative estimate of drug-likeness (QED) is 0.292. The molecule has 1 heterocycles. The zero-order chi connectivity index (χ0) is 26.2. The number of amides is 1. The zero-order valence-electron chi connectivity index (χ0n) is 21.2. The first-order valence-electron chi connectivity index (χ1n) is 12.5. The Bertz CT molecular complexity index is 1260. The van der Waals surface area contributed by atoms with E-state index in [4.69, 9.17) is 0 Å². The summed E-state index contributed by atoms with van der Waals surface area (Å²) in [5, 5.41) is 14.6. The number of carbonyl (C=O) groups is 2. The van der Waals surface area contributed by atoms with Crippen molar-refractivity contribution >= 4 is 23.3 Å². The average Bonchev–Trinajstić information content (AvgIpc) is 3.37. The topological polar surface area (TPSA) is 78.7 Å². The molecule has 0 saturated carbocycles. The summed E-state index contributed by atoms with van der Waals surface area (Å²) >= 11 is 0. The Morgan fingerprint density at radius 2 is 1.49 bits per heavy atom. The molecule has 0 aliphatic carbocycles. The number of unbranched alkanes of at least 4 members (excludes halogenated alkanes) is 1. The lowest BCUT2D eigenvalue weighted by atomic mass is 10.1. The minimum atomic E-state index is -0.992. The highest BCUT2D eigenvalue weighted by atomic mass is 16.4. The van der Waals surface area contributed by atoms with Crippen molar-refractivity contribution in [3.63, 3.8) is 0 Å². The fraction of sp³-hybridized carbons (Fsp3) is 0.233. The standard InChI is InChI=1S/C30H32N4O3/c1-3-4-19-33(29(35)24-17-15-23(16-18-24)25-20-31-32(2)21-25)22-28(30(36)37)34(26-11-7-5-8-12-26)27-13-9-6-10-14-27/h5-18,20-21,28H,3-4,19,22H2,1-2H3,(H,36,37)/t28-/m0/s1. The highest BCUT2D eigenvalue weighted by Gasteiger charge is 2.31. The number of rotatable bonds is 11. The van der Waals surface area contributed by atoms with Crippen LogP contribution in [0.2, 0.25) is 0 Å². The molecule has 1 amide bonds. The lowest BCUT2D eigenvalue weighted by Gasteiger charge is -2.35. The Morgan fingerprint density at radius 3 is 1.97 bits per heavy atom. The van der Waals surface area contributed by atoms with Crippen molar-refractivity contribution in [2.45, 2.75) is 25.8 Å². The van der Waals surface area contributed by atoms with Crippen molar-refractivity contribution < 1.29 is 14.7 Å². The predicted octanol–water partition coefficient (Wildman–Crippen LogP) is 5.62. The number of aromatic nitrogens is 2. The Kier molecular flexibility index (Phi) is 8.36. The van der Waals surface area contributed by atoms with Crippen molar-refractivity contribution in [3.05, 3.63) is 103 Å². The van der Waals surface area contributed by atoms with E-state index in [1.807, 2.05) is 86.0 Å². The Hall–Kier alpha value is -4.39. The normalized spacial score (nSPS) is 11.6. The third kappa shape index (κ3) is 6.25. The van der Waals surface area contributed by atoms with Crippen molar-refractivity contribution in [2.24, 2.45) is 7.05 Å². The van der Waals surface area contributed by atoms with E-state index in [0.717, 1.165) is 35.3 Å². The van der Waals surface area contributed by atoms with Crippen LogP contribution >= 0.6 is 0 Å².